The molecular weight excluding hydrogens is 296 g/mol. The van der Waals surface area contributed by atoms with E-state index in [1.165, 1.54) is 12.1 Å². The molecule has 1 atom stereocenters. The van der Waals surface area contributed by atoms with Crippen LogP contribution in [0.5, 0.6) is 0 Å². The maximum atomic E-state index is 13.4. The highest BCUT2D eigenvalue weighted by Gasteiger charge is 2.11. The molecule has 3 nitrogen and oxygen atoms in total. The molecule has 0 fully saturated rings. The van der Waals surface area contributed by atoms with E-state index in [2.05, 4.69) is 12.2 Å². The zero-order valence-corrected chi connectivity index (χ0v) is 12.9. The van der Waals surface area contributed by atoms with Crippen LogP contribution in [0.1, 0.15) is 26.2 Å². The Labute approximate surface area is 128 Å². The van der Waals surface area contributed by atoms with Gasteiger partial charge >= 0.3 is 0 Å². The van der Waals surface area contributed by atoms with E-state index in [9.17, 15) is 13.6 Å². The first-order chi connectivity index (χ1) is 10.1. The molecule has 1 unspecified atom stereocenters. The van der Waals surface area contributed by atoms with Crippen molar-refractivity contribution in [2.24, 2.45) is 5.92 Å². The molecule has 1 rings (SSSR count). The number of nitrogens with one attached hydrogen (secondary N) is 1. The fourth-order valence-corrected chi connectivity index (χ4v) is 2.73. The second kappa shape index (κ2) is 9.73. The summed E-state index contributed by atoms with van der Waals surface area (Å²) in [5.41, 5.74) is 0. The molecule has 0 saturated carbocycles. The second-order valence-electron chi connectivity index (χ2n) is 4.83. The summed E-state index contributed by atoms with van der Waals surface area (Å²) in [6.07, 6.45) is 2.60. The summed E-state index contributed by atoms with van der Waals surface area (Å²) in [5.74, 6) is -1.13. The predicted octanol–water partition coefficient (Wildman–Crippen LogP) is 2.97. The van der Waals surface area contributed by atoms with Gasteiger partial charge in [0.2, 0.25) is 5.91 Å². The molecule has 0 aliphatic rings. The minimum Gasteiger partial charge on any atom is -0.396 e. The van der Waals surface area contributed by atoms with Crippen molar-refractivity contribution in [3.05, 3.63) is 29.8 Å². The predicted molar refractivity (Wildman–Crippen MR) is 80.2 cm³/mol. The van der Waals surface area contributed by atoms with E-state index in [-0.39, 0.29) is 29.1 Å². The Morgan fingerprint density at radius 3 is 2.76 bits per heavy atom. The van der Waals surface area contributed by atoms with Gasteiger partial charge in [0.15, 0.2) is 0 Å². The van der Waals surface area contributed by atoms with Gasteiger partial charge in [0.05, 0.1) is 5.75 Å². The lowest BCUT2D eigenvalue weighted by atomic mass is 10.0. The van der Waals surface area contributed by atoms with Crippen molar-refractivity contribution < 1.29 is 18.7 Å². The summed E-state index contributed by atoms with van der Waals surface area (Å²) in [5, 5.41) is 11.7. The van der Waals surface area contributed by atoms with E-state index in [1.54, 1.807) is 0 Å². The fraction of sp³-hybridized carbons (Fsp3) is 0.533. The molecule has 0 aliphatic carbocycles. The van der Waals surface area contributed by atoms with Crippen LogP contribution in [0.3, 0.4) is 0 Å². The van der Waals surface area contributed by atoms with E-state index < -0.39 is 11.6 Å². The van der Waals surface area contributed by atoms with Gasteiger partial charge in [0.1, 0.15) is 11.6 Å². The van der Waals surface area contributed by atoms with E-state index in [0.29, 0.717) is 13.0 Å². The van der Waals surface area contributed by atoms with Crippen LogP contribution < -0.4 is 5.32 Å². The molecule has 0 saturated heterocycles. The second-order valence-corrected chi connectivity index (χ2v) is 5.85. The molecular formula is C15H21F2NO2S. The topological polar surface area (TPSA) is 49.3 Å². The third-order valence-electron chi connectivity index (χ3n) is 3.07. The molecule has 0 spiro atoms. The molecule has 1 amide bonds. The molecule has 6 heteroatoms. The highest BCUT2D eigenvalue weighted by Crippen LogP contribution is 2.22. The largest absolute Gasteiger partial charge is 0.396 e. The van der Waals surface area contributed by atoms with Crippen LogP contribution in [0.4, 0.5) is 8.78 Å². The summed E-state index contributed by atoms with van der Waals surface area (Å²) >= 11 is 1.04. The van der Waals surface area contributed by atoms with Gasteiger partial charge in [-0.1, -0.05) is 13.3 Å². The average Bonchev–Trinajstić information content (AvgIpc) is 2.44. The number of amides is 1. The van der Waals surface area contributed by atoms with Crippen molar-refractivity contribution in [2.75, 3.05) is 18.9 Å². The molecule has 2 N–H and O–H groups in total. The maximum Gasteiger partial charge on any atom is 0.230 e. The molecule has 1 aromatic carbocycles. The molecule has 0 bridgehead atoms. The normalized spacial score (nSPS) is 12.2. The Hall–Kier alpha value is -1.14. The lowest BCUT2D eigenvalue weighted by Crippen LogP contribution is -2.31. The highest BCUT2D eigenvalue weighted by atomic mass is 32.2. The Morgan fingerprint density at radius 2 is 2.14 bits per heavy atom. The Balaban J connectivity index is 2.36. The number of aliphatic hydroxyl groups excluding tert-OH is 1. The number of carbonyl (C=O) groups is 1. The standard InChI is InChI=1S/C15H21F2NO2S/c1-2-3-11(6-7-19)9-18-15(20)10-21-14-5-4-12(16)8-13(14)17/h4-5,8,11,19H,2-3,6-7,9-10H2,1H3,(H,18,20). The Bertz CT molecular complexity index is 451. The zero-order valence-electron chi connectivity index (χ0n) is 12.1. The summed E-state index contributed by atoms with van der Waals surface area (Å²) in [4.78, 5) is 12.0. The molecule has 0 heterocycles. The van der Waals surface area contributed by atoms with Gasteiger partial charge < -0.3 is 10.4 Å². The monoisotopic (exact) mass is 317 g/mol. The summed E-state index contributed by atoms with van der Waals surface area (Å²) in [6, 6.07) is 3.30. The Kier molecular flexibility index (Phi) is 8.30. The number of benzene rings is 1. The Morgan fingerprint density at radius 1 is 1.38 bits per heavy atom. The molecule has 118 valence electrons. The van der Waals surface area contributed by atoms with Crippen molar-refractivity contribution in [3.63, 3.8) is 0 Å². The first kappa shape index (κ1) is 17.9. The number of hydrogen-bond acceptors (Lipinski definition) is 3. The van der Waals surface area contributed by atoms with Gasteiger partial charge in [-0.25, -0.2) is 8.78 Å². The van der Waals surface area contributed by atoms with E-state index in [1.807, 2.05) is 0 Å². The molecule has 1 aromatic rings. The zero-order chi connectivity index (χ0) is 15.7. The average molecular weight is 317 g/mol. The summed E-state index contributed by atoms with van der Waals surface area (Å²) in [7, 11) is 0. The third kappa shape index (κ3) is 6.91. The molecule has 0 radical (unpaired) electrons. The van der Waals surface area contributed by atoms with Crippen molar-refractivity contribution in [2.45, 2.75) is 31.1 Å². The van der Waals surface area contributed by atoms with Crippen LogP contribution in [0, 0.1) is 17.6 Å². The quantitative estimate of drug-likeness (QED) is 0.689. The molecule has 21 heavy (non-hydrogen) atoms. The van der Waals surface area contributed by atoms with Crippen LogP contribution in [-0.2, 0) is 4.79 Å². The lowest BCUT2D eigenvalue weighted by molar-refractivity contribution is -0.118. The number of aliphatic hydroxyl groups is 1. The van der Waals surface area contributed by atoms with E-state index in [4.69, 9.17) is 5.11 Å². The van der Waals surface area contributed by atoms with Crippen molar-refractivity contribution in [1.82, 2.24) is 5.32 Å². The lowest BCUT2D eigenvalue weighted by Gasteiger charge is -2.15. The maximum absolute atomic E-state index is 13.4. The highest BCUT2D eigenvalue weighted by molar-refractivity contribution is 8.00. The van der Waals surface area contributed by atoms with Crippen LogP contribution in [0.2, 0.25) is 0 Å². The van der Waals surface area contributed by atoms with Gasteiger partial charge in [-0.15, -0.1) is 11.8 Å². The van der Waals surface area contributed by atoms with Gasteiger partial charge in [-0.2, -0.15) is 0 Å². The van der Waals surface area contributed by atoms with Crippen LogP contribution in [0.25, 0.3) is 0 Å². The van der Waals surface area contributed by atoms with Gasteiger partial charge in [0.25, 0.3) is 0 Å². The SMILES string of the molecule is CCCC(CCO)CNC(=O)CSc1ccc(F)cc1F. The number of thioether (sulfide) groups is 1. The van der Waals surface area contributed by atoms with Gasteiger partial charge in [0, 0.05) is 24.1 Å². The third-order valence-corrected chi connectivity index (χ3v) is 4.12. The summed E-state index contributed by atoms with van der Waals surface area (Å²) in [6.45, 7) is 2.68. The fourth-order valence-electron chi connectivity index (χ4n) is 1.98. The minimum atomic E-state index is -0.656. The number of halogens is 2. The number of hydrogen-bond donors (Lipinski definition) is 2. The van der Waals surface area contributed by atoms with Crippen LogP contribution in [-0.4, -0.2) is 29.9 Å². The van der Waals surface area contributed by atoms with Crippen molar-refractivity contribution in [1.29, 1.82) is 0 Å². The first-order valence-electron chi connectivity index (χ1n) is 7.02. The summed E-state index contributed by atoms with van der Waals surface area (Å²) < 4.78 is 26.1. The van der Waals surface area contributed by atoms with E-state index >= 15 is 0 Å². The van der Waals surface area contributed by atoms with Crippen molar-refractivity contribution in [3.8, 4) is 0 Å². The van der Waals surface area contributed by atoms with Gasteiger partial charge in [-0.05, 0) is 30.9 Å². The molecule has 0 aromatic heterocycles. The number of rotatable bonds is 9. The van der Waals surface area contributed by atoms with Gasteiger partial charge in [-0.3, -0.25) is 4.79 Å². The van der Waals surface area contributed by atoms with Crippen LogP contribution in [0.15, 0.2) is 23.1 Å². The first-order valence-corrected chi connectivity index (χ1v) is 8.00. The smallest absolute Gasteiger partial charge is 0.230 e. The van der Waals surface area contributed by atoms with E-state index in [0.717, 1.165) is 30.7 Å². The molecule has 0 aliphatic heterocycles. The van der Waals surface area contributed by atoms with Crippen molar-refractivity contribution >= 4 is 17.7 Å². The minimum absolute atomic E-state index is 0.0839. The van der Waals surface area contributed by atoms with Crippen LogP contribution >= 0.6 is 11.8 Å². The number of carbonyl (C=O) groups excluding carboxylic acids is 1.